The predicted octanol–water partition coefficient (Wildman–Crippen LogP) is 2.42. The smallest absolute Gasteiger partial charge is 0.391 e. The molecule has 1 saturated carbocycles. The third-order valence-electron chi connectivity index (χ3n) is 3.60. The van der Waals surface area contributed by atoms with Crippen molar-refractivity contribution in [2.45, 2.75) is 51.2 Å². The molecule has 116 valence electrons. The van der Waals surface area contributed by atoms with Crippen LogP contribution in [-0.2, 0) is 14.3 Å². The molecule has 0 spiro atoms. The van der Waals surface area contributed by atoms with Gasteiger partial charge in [0, 0.05) is 12.5 Å². The maximum absolute atomic E-state index is 12.6. The third-order valence-corrected chi connectivity index (χ3v) is 3.60. The highest BCUT2D eigenvalue weighted by atomic mass is 19.4. The van der Waals surface area contributed by atoms with Gasteiger partial charge in [-0.25, -0.2) is 0 Å². The quantitative estimate of drug-likeness (QED) is 0.810. The van der Waals surface area contributed by atoms with Crippen LogP contribution in [0.4, 0.5) is 13.2 Å². The Bertz CT molecular complexity index is 357. The Kier molecular flexibility index (Phi) is 5.83. The zero-order valence-corrected chi connectivity index (χ0v) is 11.6. The van der Waals surface area contributed by atoms with E-state index in [1.54, 1.807) is 6.92 Å². The van der Waals surface area contributed by atoms with Crippen LogP contribution in [0.5, 0.6) is 0 Å². The van der Waals surface area contributed by atoms with E-state index in [1.165, 1.54) is 7.11 Å². The average Bonchev–Trinajstić information content (AvgIpc) is 2.36. The minimum Gasteiger partial charge on any atom is -0.469 e. The molecule has 7 heteroatoms. The first-order valence-electron chi connectivity index (χ1n) is 6.68. The maximum atomic E-state index is 12.6. The van der Waals surface area contributed by atoms with E-state index in [2.05, 4.69) is 10.1 Å². The molecule has 1 amide bonds. The third kappa shape index (κ3) is 5.02. The van der Waals surface area contributed by atoms with E-state index in [-0.39, 0.29) is 19.3 Å². The highest BCUT2D eigenvalue weighted by Crippen LogP contribution is 2.37. The van der Waals surface area contributed by atoms with E-state index >= 15 is 0 Å². The molecular weight excluding hydrogens is 275 g/mol. The fourth-order valence-corrected chi connectivity index (χ4v) is 2.47. The Morgan fingerprint density at radius 3 is 2.55 bits per heavy atom. The lowest BCUT2D eigenvalue weighted by atomic mass is 9.85. The molecule has 0 aromatic rings. The Morgan fingerprint density at radius 1 is 1.35 bits per heavy atom. The van der Waals surface area contributed by atoms with E-state index in [0.717, 1.165) is 0 Å². The van der Waals surface area contributed by atoms with Gasteiger partial charge in [0.05, 0.1) is 18.9 Å². The lowest BCUT2D eigenvalue weighted by Gasteiger charge is -2.31. The number of halogens is 3. The van der Waals surface area contributed by atoms with Crippen LogP contribution < -0.4 is 5.32 Å². The standard InChI is InChI=1S/C13H20F3NO3/c1-8(12(19)20-2)6-11(18)17-10-5-3-4-9(7-10)13(14,15)16/h8-10H,3-7H2,1-2H3,(H,17,18)/t8-,9-,10-/m1/s1. The van der Waals surface area contributed by atoms with E-state index in [9.17, 15) is 22.8 Å². The van der Waals surface area contributed by atoms with Crippen LogP contribution in [-0.4, -0.2) is 31.2 Å². The molecule has 3 atom stereocenters. The zero-order valence-electron chi connectivity index (χ0n) is 11.6. The number of ether oxygens (including phenoxy) is 1. The van der Waals surface area contributed by atoms with Gasteiger partial charge in [-0.1, -0.05) is 13.3 Å². The summed E-state index contributed by atoms with van der Waals surface area (Å²) >= 11 is 0. The number of methoxy groups -OCH3 is 1. The van der Waals surface area contributed by atoms with Gasteiger partial charge < -0.3 is 10.1 Å². The van der Waals surface area contributed by atoms with Crippen LogP contribution in [0, 0.1) is 11.8 Å². The molecule has 0 bridgehead atoms. The van der Waals surface area contributed by atoms with Gasteiger partial charge in [0.15, 0.2) is 0 Å². The van der Waals surface area contributed by atoms with Crippen molar-refractivity contribution in [1.82, 2.24) is 5.32 Å². The molecule has 0 saturated heterocycles. The first-order valence-corrected chi connectivity index (χ1v) is 6.68. The van der Waals surface area contributed by atoms with E-state index in [4.69, 9.17) is 0 Å². The molecular formula is C13H20F3NO3. The molecule has 0 aromatic heterocycles. The van der Waals surface area contributed by atoms with Crippen molar-refractivity contribution in [3.8, 4) is 0 Å². The van der Waals surface area contributed by atoms with Crippen molar-refractivity contribution in [2.75, 3.05) is 7.11 Å². The van der Waals surface area contributed by atoms with E-state index < -0.39 is 35.9 Å². The Labute approximate surface area is 116 Å². The van der Waals surface area contributed by atoms with Crippen molar-refractivity contribution in [2.24, 2.45) is 11.8 Å². The second kappa shape index (κ2) is 6.95. The Balaban J connectivity index is 2.44. The summed E-state index contributed by atoms with van der Waals surface area (Å²) in [6.07, 6.45) is -3.24. The number of alkyl halides is 3. The first-order chi connectivity index (χ1) is 9.24. The highest BCUT2D eigenvalue weighted by molar-refractivity contribution is 5.82. The molecule has 1 rings (SSSR count). The van der Waals surface area contributed by atoms with E-state index in [0.29, 0.717) is 12.8 Å². The summed E-state index contributed by atoms with van der Waals surface area (Å²) in [6.45, 7) is 1.55. The van der Waals surface area contributed by atoms with Gasteiger partial charge in [-0.3, -0.25) is 9.59 Å². The maximum Gasteiger partial charge on any atom is 0.391 e. The number of hydrogen-bond donors (Lipinski definition) is 1. The van der Waals surface area contributed by atoms with Gasteiger partial charge in [-0.05, 0) is 19.3 Å². The Hall–Kier alpha value is -1.27. The van der Waals surface area contributed by atoms with Crippen molar-refractivity contribution in [3.05, 3.63) is 0 Å². The SMILES string of the molecule is COC(=O)[C@H](C)CC(=O)N[C@@H]1CCC[C@@H](C(F)(F)F)C1. The molecule has 4 nitrogen and oxygen atoms in total. The summed E-state index contributed by atoms with van der Waals surface area (Å²) in [4.78, 5) is 22.9. The molecule has 1 aliphatic carbocycles. The van der Waals surface area contributed by atoms with Gasteiger partial charge in [-0.15, -0.1) is 0 Å². The highest BCUT2D eigenvalue weighted by Gasteiger charge is 2.42. The number of nitrogens with one attached hydrogen (secondary N) is 1. The lowest BCUT2D eigenvalue weighted by molar-refractivity contribution is -0.184. The lowest BCUT2D eigenvalue weighted by Crippen LogP contribution is -2.42. The van der Waals surface area contributed by atoms with Crippen LogP contribution >= 0.6 is 0 Å². The summed E-state index contributed by atoms with van der Waals surface area (Å²) in [5.41, 5.74) is 0. The van der Waals surface area contributed by atoms with Crippen molar-refractivity contribution >= 4 is 11.9 Å². The molecule has 0 aromatic carbocycles. The summed E-state index contributed by atoms with van der Waals surface area (Å²) in [5, 5.41) is 2.58. The molecule has 1 N–H and O–H groups in total. The fourth-order valence-electron chi connectivity index (χ4n) is 2.47. The molecule has 1 fully saturated rings. The van der Waals surface area contributed by atoms with Gasteiger partial charge >= 0.3 is 12.1 Å². The summed E-state index contributed by atoms with van der Waals surface area (Å²) in [5.74, 6) is -2.85. The molecule has 1 aliphatic rings. The van der Waals surface area contributed by atoms with Crippen LogP contribution in [0.25, 0.3) is 0 Å². The van der Waals surface area contributed by atoms with Crippen molar-refractivity contribution in [1.29, 1.82) is 0 Å². The number of rotatable bonds is 4. The first kappa shape index (κ1) is 16.8. The average molecular weight is 295 g/mol. The summed E-state index contributed by atoms with van der Waals surface area (Å²) < 4.78 is 42.4. The summed E-state index contributed by atoms with van der Waals surface area (Å²) in [7, 11) is 1.23. The van der Waals surface area contributed by atoms with Crippen molar-refractivity contribution < 1.29 is 27.5 Å². The fraction of sp³-hybridized carbons (Fsp3) is 0.846. The number of amides is 1. The number of carbonyl (C=O) groups is 2. The number of hydrogen-bond acceptors (Lipinski definition) is 3. The second-order valence-electron chi connectivity index (χ2n) is 5.30. The number of esters is 1. The molecule has 20 heavy (non-hydrogen) atoms. The van der Waals surface area contributed by atoms with Gasteiger partial charge in [0.1, 0.15) is 0 Å². The van der Waals surface area contributed by atoms with Crippen LogP contribution in [0.3, 0.4) is 0 Å². The van der Waals surface area contributed by atoms with E-state index in [1.807, 2.05) is 0 Å². The molecule has 0 unspecified atom stereocenters. The van der Waals surface area contributed by atoms with Crippen LogP contribution in [0.1, 0.15) is 39.0 Å². The largest absolute Gasteiger partial charge is 0.469 e. The second-order valence-corrected chi connectivity index (χ2v) is 5.30. The monoisotopic (exact) mass is 295 g/mol. The van der Waals surface area contributed by atoms with Gasteiger partial charge in [0.25, 0.3) is 0 Å². The van der Waals surface area contributed by atoms with Crippen LogP contribution in [0.2, 0.25) is 0 Å². The molecule has 0 aliphatic heterocycles. The molecule has 0 radical (unpaired) electrons. The number of carbonyl (C=O) groups excluding carboxylic acids is 2. The minimum absolute atomic E-state index is 0.0696. The molecule has 0 heterocycles. The Morgan fingerprint density at radius 2 is 2.00 bits per heavy atom. The predicted molar refractivity (Wildman–Crippen MR) is 65.7 cm³/mol. The van der Waals surface area contributed by atoms with Gasteiger partial charge in [-0.2, -0.15) is 13.2 Å². The topological polar surface area (TPSA) is 55.4 Å². The zero-order chi connectivity index (χ0) is 15.3. The normalized spacial score (nSPS) is 24.9. The van der Waals surface area contributed by atoms with Gasteiger partial charge in [0.2, 0.25) is 5.91 Å². The minimum atomic E-state index is -4.21. The van der Waals surface area contributed by atoms with Crippen LogP contribution in [0.15, 0.2) is 0 Å². The summed E-state index contributed by atoms with van der Waals surface area (Å²) in [6, 6.07) is -0.465. The van der Waals surface area contributed by atoms with Crippen molar-refractivity contribution in [3.63, 3.8) is 0 Å².